The van der Waals surface area contributed by atoms with E-state index >= 15 is 0 Å². The van der Waals surface area contributed by atoms with Crippen LogP contribution in [0.3, 0.4) is 0 Å². The Morgan fingerprint density at radius 2 is 1.85 bits per heavy atom. The van der Waals surface area contributed by atoms with Crippen LogP contribution >= 0.6 is 46.4 Å². The summed E-state index contributed by atoms with van der Waals surface area (Å²) >= 11 is 25.0. The van der Waals surface area contributed by atoms with E-state index < -0.39 is 4.92 Å². The molecule has 134 valence electrons. The number of hydrogen-bond donors (Lipinski definition) is 1. The lowest BCUT2D eigenvalue weighted by atomic mass is 9.77. The van der Waals surface area contributed by atoms with Gasteiger partial charge in [-0.25, -0.2) is 0 Å². The smallest absolute Gasteiger partial charge is 0.288 e. The van der Waals surface area contributed by atoms with Gasteiger partial charge in [-0.2, -0.15) is 0 Å². The number of allylic oxidation sites excluding steroid dienone is 2. The summed E-state index contributed by atoms with van der Waals surface area (Å²) in [4.78, 5) is 10.8. The lowest BCUT2D eigenvalue weighted by Gasteiger charge is -2.38. The number of nitrogens with zero attached hydrogens (tertiary/aromatic N) is 1. The lowest BCUT2D eigenvalue weighted by Crippen LogP contribution is -2.29. The third-order valence-electron chi connectivity index (χ3n) is 5.01. The van der Waals surface area contributed by atoms with Gasteiger partial charge in [0, 0.05) is 17.5 Å². The Morgan fingerprint density at radius 1 is 1.08 bits per heavy atom. The molecule has 26 heavy (non-hydrogen) atoms. The Morgan fingerprint density at radius 3 is 2.58 bits per heavy atom. The molecule has 0 saturated heterocycles. The third kappa shape index (κ3) is 2.76. The van der Waals surface area contributed by atoms with Gasteiger partial charge in [-0.3, -0.25) is 10.1 Å². The largest absolute Gasteiger partial charge is 0.376 e. The van der Waals surface area contributed by atoms with E-state index in [4.69, 9.17) is 46.4 Å². The Hall–Kier alpha value is -1.46. The van der Waals surface area contributed by atoms with Crippen molar-refractivity contribution >= 4 is 57.8 Å². The average molecular weight is 430 g/mol. The number of nitro groups is 1. The van der Waals surface area contributed by atoms with Crippen molar-refractivity contribution in [3.63, 3.8) is 0 Å². The summed E-state index contributed by atoms with van der Waals surface area (Å²) in [5, 5.41) is 16.2. The molecule has 0 fully saturated rings. The maximum Gasteiger partial charge on any atom is 0.288 e. The second kappa shape index (κ2) is 6.61. The monoisotopic (exact) mass is 428 g/mol. The predicted molar refractivity (Wildman–Crippen MR) is 106 cm³/mol. The standard InChI is InChI=1S/C18H12Cl4N2O2/c19-11-5-4-8(6-14(11)24(25)26)17-10-3-1-2-9(10)15-16(22)12(20)7-13(21)18(15)23-17/h1-2,4-7,9-10,17,23H,3H2. The quantitative estimate of drug-likeness (QED) is 0.241. The van der Waals surface area contributed by atoms with E-state index in [0.717, 1.165) is 23.2 Å². The van der Waals surface area contributed by atoms with E-state index in [0.29, 0.717) is 15.1 Å². The predicted octanol–water partition coefficient (Wildman–Crippen LogP) is 7.03. The molecule has 4 nitrogen and oxygen atoms in total. The zero-order chi connectivity index (χ0) is 18.6. The molecule has 3 atom stereocenters. The number of fused-ring (bicyclic) bond motifs is 3. The molecule has 8 heteroatoms. The fourth-order valence-electron chi connectivity index (χ4n) is 3.86. The van der Waals surface area contributed by atoms with E-state index in [1.54, 1.807) is 18.2 Å². The second-order valence-corrected chi connectivity index (χ2v) is 7.99. The molecule has 2 aromatic carbocycles. The highest BCUT2D eigenvalue weighted by molar-refractivity contribution is 6.44. The van der Waals surface area contributed by atoms with E-state index in [1.807, 2.05) is 0 Å². The Kier molecular flexibility index (Phi) is 4.56. The molecule has 2 aliphatic rings. The minimum Gasteiger partial charge on any atom is -0.376 e. The van der Waals surface area contributed by atoms with Crippen LogP contribution in [0.25, 0.3) is 0 Å². The molecule has 0 saturated carbocycles. The first kappa shape index (κ1) is 17.9. The topological polar surface area (TPSA) is 55.2 Å². The van der Waals surface area contributed by atoms with Gasteiger partial charge < -0.3 is 5.32 Å². The minimum atomic E-state index is -0.476. The van der Waals surface area contributed by atoms with Gasteiger partial charge in [-0.15, -0.1) is 0 Å². The normalized spacial score (nSPS) is 23.3. The summed E-state index contributed by atoms with van der Waals surface area (Å²) in [6.07, 6.45) is 5.01. The van der Waals surface area contributed by atoms with Crippen molar-refractivity contribution < 1.29 is 4.92 Å². The zero-order valence-electron chi connectivity index (χ0n) is 13.2. The summed E-state index contributed by atoms with van der Waals surface area (Å²) < 4.78 is 0. The van der Waals surface area contributed by atoms with Gasteiger partial charge in [0.2, 0.25) is 0 Å². The van der Waals surface area contributed by atoms with Gasteiger partial charge in [0.15, 0.2) is 0 Å². The van der Waals surface area contributed by atoms with Crippen molar-refractivity contribution in [1.29, 1.82) is 0 Å². The number of benzene rings is 2. The summed E-state index contributed by atoms with van der Waals surface area (Å²) in [6.45, 7) is 0. The zero-order valence-corrected chi connectivity index (χ0v) is 16.2. The number of rotatable bonds is 2. The Bertz CT molecular complexity index is 961. The maximum absolute atomic E-state index is 11.3. The van der Waals surface area contributed by atoms with Crippen LogP contribution in [-0.2, 0) is 0 Å². The number of nitro benzene ring substituents is 1. The lowest BCUT2D eigenvalue weighted by molar-refractivity contribution is -0.384. The molecule has 2 aromatic rings. The van der Waals surface area contributed by atoms with E-state index in [2.05, 4.69) is 17.5 Å². The summed E-state index contributed by atoms with van der Waals surface area (Å²) in [5.74, 6) is 0.185. The molecule has 1 aliphatic heterocycles. The Labute approximate surface area is 169 Å². The van der Waals surface area contributed by atoms with Crippen LogP contribution in [0.4, 0.5) is 11.4 Å². The second-order valence-electron chi connectivity index (χ2n) is 6.39. The molecule has 4 rings (SSSR count). The third-order valence-corrected chi connectivity index (χ3v) is 6.43. The number of hydrogen-bond acceptors (Lipinski definition) is 3. The van der Waals surface area contributed by atoms with E-state index in [1.165, 1.54) is 6.07 Å². The number of nitrogens with one attached hydrogen (secondary N) is 1. The molecule has 0 amide bonds. The highest BCUT2D eigenvalue weighted by Crippen LogP contribution is 2.55. The molecular weight excluding hydrogens is 418 g/mol. The van der Waals surface area contributed by atoms with Gasteiger partial charge in [-0.05, 0) is 30.0 Å². The van der Waals surface area contributed by atoms with Crippen LogP contribution in [0, 0.1) is 16.0 Å². The van der Waals surface area contributed by atoms with Gasteiger partial charge in [0.25, 0.3) is 5.69 Å². The average Bonchev–Trinajstić information content (AvgIpc) is 3.08. The molecule has 0 aromatic heterocycles. The van der Waals surface area contributed by atoms with Crippen molar-refractivity contribution in [2.24, 2.45) is 5.92 Å². The van der Waals surface area contributed by atoms with Gasteiger partial charge in [0.1, 0.15) is 5.02 Å². The summed E-state index contributed by atoms with van der Waals surface area (Å²) in [6, 6.07) is 6.33. The van der Waals surface area contributed by atoms with Crippen molar-refractivity contribution in [3.05, 3.63) is 77.7 Å². The molecule has 0 spiro atoms. The first-order valence-electron chi connectivity index (χ1n) is 7.93. The van der Waals surface area contributed by atoms with Gasteiger partial charge in [-0.1, -0.05) is 64.6 Å². The molecule has 0 bridgehead atoms. The fraction of sp³-hybridized carbons (Fsp3) is 0.222. The highest BCUT2D eigenvalue weighted by atomic mass is 35.5. The van der Waals surface area contributed by atoms with Crippen LogP contribution < -0.4 is 5.32 Å². The van der Waals surface area contributed by atoms with E-state index in [-0.39, 0.29) is 28.6 Å². The first-order chi connectivity index (χ1) is 12.4. The molecule has 1 aliphatic carbocycles. The van der Waals surface area contributed by atoms with Gasteiger partial charge >= 0.3 is 0 Å². The molecule has 0 radical (unpaired) electrons. The van der Waals surface area contributed by atoms with Crippen molar-refractivity contribution in [2.75, 3.05) is 5.32 Å². The fourth-order valence-corrected chi connectivity index (χ4v) is 4.85. The molecule has 1 N–H and O–H groups in total. The van der Waals surface area contributed by atoms with Crippen LogP contribution in [0.5, 0.6) is 0 Å². The number of halogens is 4. The van der Waals surface area contributed by atoms with Crippen molar-refractivity contribution in [3.8, 4) is 0 Å². The SMILES string of the molecule is O=[N+]([O-])c1cc(C2Nc3c(Cl)cc(Cl)c(Cl)c3C3C=CCC32)ccc1Cl. The van der Waals surface area contributed by atoms with Crippen LogP contribution in [-0.4, -0.2) is 4.92 Å². The molecule has 3 unspecified atom stereocenters. The van der Waals surface area contributed by atoms with Crippen molar-refractivity contribution in [1.82, 2.24) is 0 Å². The number of anilines is 1. The highest BCUT2D eigenvalue weighted by Gasteiger charge is 2.41. The first-order valence-corrected chi connectivity index (χ1v) is 9.44. The van der Waals surface area contributed by atoms with Gasteiger partial charge in [0.05, 0.1) is 31.7 Å². The molecule has 1 heterocycles. The van der Waals surface area contributed by atoms with Crippen molar-refractivity contribution in [2.45, 2.75) is 18.4 Å². The Balaban J connectivity index is 1.85. The maximum atomic E-state index is 11.3. The van der Waals surface area contributed by atoms with E-state index in [9.17, 15) is 10.1 Å². The molecular formula is C18H12Cl4N2O2. The van der Waals surface area contributed by atoms with Crippen LogP contribution in [0.1, 0.15) is 29.5 Å². The summed E-state index contributed by atoms with van der Waals surface area (Å²) in [5.41, 5.74) is 2.27. The van der Waals surface area contributed by atoms with Crippen LogP contribution in [0.15, 0.2) is 36.4 Å². The summed E-state index contributed by atoms with van der Waals surface area (Å²) in [7, 11) is 0. The van der Waals surface area contributed by atoms with Crippen LogP contribution in [0.2, 0.25) is 20.1 Å². The minimum absolute atomic E-state index is 0.0367.